The maximum Gasteiger partial charge on any atom is 0.410 e. The summed E-state index contributed by atoms with van der Waals surface area (Å²) < 4.78 is 5.21. The number of nitrogens with zero attached hydrogens (tertiary/aromatic N) is 2. The molecule has 1 aliphatic rings. The van der Waals surface area contributed by atoms with E-state index in [-0.39, 0.29) is 6.42 Å². The number of aliphatic hydroxyl groups excluding tert-OH is 1. The second-order valence-corrected chi connectivity index (χ2v) is 4.96. The zero-order valence-corrected chi connectivity index (χ0v) is 9.93. The van der Waals surface area contributed by atoms with E-state index in [1.807, 2.05) is 6.07 Å². The molecule has 0 radical (unpaired) electrons. The largest absolute Gasteiger partial charge is 0.444 e. The number of ether oxygens (including phenoxy) is 1. The summed E-state index contributed by atoms with van der Waals surface area (Å²) >= 11 is 0. The molecule has 1 rings (SSSR count). The summed E-state index contributed by atoms with van der Waals surface area (Å²) in [5.74, 6) is 0. The van der Waals surface area contributed by atoms with Gasteiger partial charge in [-0.3, -0.25) is 0 Å². The maximum atomic E-state index is 11.8. The molecule has 1 saturated heterocycles. The van der Waals surface area contributed by atoms with Gasteiger partial charge in [-0.2, -0.15) is 5.26 Å². The van der Waals surface area contributed by atoms with Crippen molar-refractivity contribution in [2.45, 2.75) is 51.4 Å². The number of carbonyl (C=O) groups excluding carboxylic acids is 1. The minimum atomic E-state index is -0.618. The highest BCUT2D eigenvalue weighted by Crippen LogP contribution is 2.23. The van der Waals surface area contributed by atoms with Gasteiger partial charge in [0.1, 0.15) is 5.60 Å². The van der Waals surface area contributed by atoms with Crippen molar-refractivity contribution in [3.05, 3.63) is 0 Å². The molecule has 1 amide bonds. The molecule has 2 unspecified atom stereocenters. The molecule has 2 atom stereocenters. The van der Waals surface area contributed by atoms with E-state index in [4.69, 9.17) is 10.00 Å². The number of aliphatic hydroxyl groups is 1. The lowest BCUT2D eigenvalue weighted by Crippen LogP contribution is -2.42. The summed E-state index contributed by atoms with van der Waals surface area (Å²) in [5, 5.41) is 18.3. The molecule has 0 aromatic heterocycles. The van der Waals surface area contributed by atoms with Crippen LogP contribution in [0.5, 0.6) is 0 Å². The Morgan fingerprint density at radius 2 is 2.25 bits per heavy atom. The van der Waals surface area contributed by atoms with Crippen LogP contribution in [0.4, 0.5) is 4.79 Å². The zero-order valence-electron chi connectivity index (χ0n) is 9.93. The number of hydrogen-bond acceptors (Lipinski definition) is 4. The van der Waals surface area contributed by atoms with Gasteiger partial charge in [-0.25, -0.2) is 4.79 Å². The molecule has 5 nitrogen and oxygen atoms in total. The Hall–Kier alpha value is -1.28. The molecular formula is C11H18N2O3. The average molecular weight is 226 g/mol. The Labute approximate surface area is 95.6 Å². The number of hydrogen-bond donors (Lipinski definition) is 1. The number of carbonyl (C=O) groups is 1. The summed E-state index contributed by atoms with van der Waals surface area (Å²) in [6, 6.07) is 1.55. The fourth-order valence-electron chi connectivity index (χ4n) is 1.72. The summed E-state index contributed by atoms with van der Waals surface area (Å²) in [6.45, 7) is 5.81. The minimum absolute atomic E-state index is 0.139. The first-order valence-corrected chi connectivity index (χ1v) is 5.40. The molecule has 1 aliphatic heterocycles. The van der Waals surface area contributed by atoms with Crippen molar-refractivity contribution < 1.29 is 14.6 Å². The van der Waals surface area contributed by atoms with Crippen LogP contribution in [0.25, 0.3) is 0 Å². The average Bonchev–Trinajstić information content (AvgIpc) is 2.46. The van der Waals surface area contributed by atoms with E-state index in [1.165, 1.54) is 4.90 Å². The molecule has 0 bridgehead atoms. The van der Waals surface area contributed by atoms with Crippen LogP contribution in [-0.2, 0) is 4.74 Å². The highest BCUT2D eigenvalue weighted by atomic mass is 16.6. The predicted octanol–water partition coefficient (Wildman–Crippen LogP) is 1.27. The second-order valence-electron chi connectivity index (χ2n) is 4.96. The van der Waals surface area contributed by atoms with Crippen molar-refractivity contribution in [3.8, 4) is 6.07 Å². The fourth-order valence-corrected chi connectivity index (χ4v) is 1.72. The molecule has 0 saturated carbocycles. The first-order chi connectivity index (χ1) is 7.35. The highest BCUT2D eigenvalue weighted by Gasteiger charge is 2.37. The van der Waals surface area contributed by atoms with E-state index in [0.29, 0.717) is 13.0 Å². The van der Waals surface area contributed by atoms with Gasteiger partial charge in [0.2, 0.25) is 0 Å². The first-order valence-electron chi connectivity index (χ1n) is 5.40. The first kappa shape index (κ1) is 12.8. The van der Waals surface area contributed by atoms with Crippen LogP contribution in [0.15, 0.2) is 0 Å². The monoisotopic (exact) mass is 226 g/mol. The van der Waals surface area contributed by atoms with Gasteiger partial charge >= 0.3 is 6.09 Å². The van der Waals surface area contributed by atoms with Crippen LogP contribution < -0.4 is 0 Å². The minimum Gasteiger partial charge on any atom is -0.444 e. The van der Waals surface area contributed by atoms with E-state index in [2.05, 4.69) is 0 Å². The van der Waals surface area contributed by atoms with Crippen LogP contribution in [0.1, 0.15) is 33.6 Å². The lowest BCUT2D eigenvalue weighted by molar-refractivity contribution is 0.0161. The third-order valence-corrected chi connectivity index (χ3v) is 2.44. The molecule has 0 spiro atoms. The van der Waals surface area contributed by atoms with Crippen LogP contribution >= 0.6 is 0 Å². The molecule has 1 heterocycles. The molecule has 1 N–H and O–H groups in total. The number of likely N-dealkylation sites (tertiary alicyclic amines) is 1. The van der Waals surface area contributed by atoms with Crippen molar-refractivity contribution in [2.24, 2.45) is 0 Å². The highest BCUT2D eigenvalue weighted by molar-refractivity contribution is 5.69. The van der Waals surface area contributed by atoms with E-state index < -0.39 is 23.8 Å². The Kier molecular flexibility index (Phi) is 3.76. The standard InChI is InChI=1S/C11H18N2O3/c1-11(2,3)16-10(15)13-7-5-9(14)8(13)4-6-12/h8-9,14H,4-5,7H2,1-3H3. The van der Waals surface area contributed by atoms with Crippen molar-refractivity contribution >= 4 is 6.09 Å². The normalized spacial score (nSPS) is 25.3. The van der Waals surface area contributed by atoms with Crippen molar-refractivity contribution in [1.82, 2.24) is 4.90 Å². The Bertz CT molecular complexity index is 303. The molecule has 5 heteroatoms. The lowest BCUT2D eigenvalue weighted by atomic mass is 10.1. The quantitative estimate of drug-likeness (QED) is 0.730. The van der Waals surface area contributed by atoms with Gasteiger partial charge in [0.15, 0.2) is 0 Å². The summed E-state index contributed by atoms with van der Waals surface area (Å²) in [6.07, 6.45) is -0.428. The predicted molar refractivity (Wildman–Crippen MR) is 57.6 cm³/mol. The molecule has 1 fully saturated rings. The maximum absolute atomic E-state index is 11.8. The molecule has 0 aromatic rings. The van der Waals surface area contributed by atoms with Gasteiger partial charge in [-0.1, -0.05) is 0 Å². The van der Waals surface area contributed by atoms with Gasteiger partial charge in [0.05, 0.1) is 24.6 Å². The fraction of sp³-hybridized carbons (Fsp3) is 0.818. The number of rotatable bonds is 1. The Balaban J connectivity index is 2.66. The molecule has 0 aliphatic carbocycles. The van der Waals surface area contributed by atoms with E-state index in [0.717, 1.165) is 0 Å². The van der Waals surface area contributed by atoms with E-state index in [1.54, 1.807) is 20.8 Å². The molecule has 0 aromatic carbocycles. The van der Waals surface area contributed by atoms with Crippen LogP contribution in [0.2, 0.25) is 0 Å². The summed E-state index contributed by atoms with van der Waals surface area (Å²) in [4.78, 5) is 13.2. The molecule has 90 valence electrons. The Morgan fingerprint density at radius 3 is 2.75 bits per heavy atom. The smallest absolute Gasteiger partial charge is 0.410 e. The number of amides is 1. The lowest BCUT2D eigenvalue weighted by Gasteiger charge is -2.28. The van der Waals surface area contributed by atoms with Gasteiger partial charge in [-0.15, -0.1) is 0 Å². The SMILES string of the molecule is CC(C)(C)OC(=O)N1CCC(O)C1CC#N. The van der Waals surface area contributed by atoms with Crippen LogP contribution in [-0.4, -0.2) is 40.4 Å². The third kappa shape index (κ3) is 3.11. The van der Waals surface area contributed by atoms with Crippen LogP contribution in [0, 0.1) is 11.3 Å². The Morgan fingerprint density at radius 1 is 1.62 bits per heavy atom. The van der Waals surface area contributed by atoms with Gasteiger partial charge in [0, 0.05) is 6.54 Å². The van der Waals surface area contributed by atoms with E-state index in [9.17, 15) is 9.90 Å². The number of nitriles is 1. The summed E-state index contributed by atoms with van der Waals surface area (Å²) in [7, 11) is 0. The molecule has 16 heavy (non-hydrogen) atoms. The van der Waals surface area contributed by atoms with Gasteiger partial charge in [0.25, 0.3) is 0 Å². The second kappa shape index (κ2) is 4.71. The van der Waals surface area contributed by atoms with Crippen molar-refractivity contribution in [3.63, 3.8) is 0 Å². The van der Waals surface area contributed by atoms with Gasteiger partial charge < -0.3 is 14.7 Å². The van der Waals surface area contributed by atoms with E-state index >= 15 is 0 Å². The van der Waals surface area contributed by atoms with Gasteiger partial charge in [-0.05, 0) is 27.2 Å². The zero-order chi connectivity index (χ0) is 12.3. The third-order valence-electron chi connectivity index (χ3n) is 2.44. The molecular weight excluding hydrogens is 208 g/mol. The van der Waals surface area contributed by atoms with Crippen LogP contribution in [0.3, 0.4) is 0 Å². The van der Waals surface area contributed by atoms with Crippen molar-refractivity contribution in [1.29, 1.82) is 5.26 Å². The topological polar surface area (TPSA) is 73.6 Å². The summed E-state index contributed by atoms with van der Waals surface area (Å²) in [5.41, 5.74) is -0.554. The van der Waals surface area contributed by atoms with Crippen molar-refractivity contribution in [2.75, 3.05) is 6.54 Å².